The van der Waals surface area contributed by atoms with Crippen molar-refractivity contribution in [3.8, 4) is 11.5 Å². The molecule has 3 nitrogen and oxygen atoms in total. The minimum atomic E-state index is 0.0674. The first-order valence-corrected chi connectivity index (χ1v) is 5.54. The van der Waals surface area contributed by atoms with Crippen molar-refractivity contribution in [2.45, 2.75) is 26.3 Å². The fraction of sp³-hybridized carbons (Fsp3) is 0.500. The number of rotatable bonds is 4. The summed E-state index contributed by atoms with van der Waals surface area (Å²) in [5, 5.41) is 0.514. The van der Waals surface area contributed by atoms with Crippen molar-refractivity contribution in [3.63, 3.8) is 0 Å². The lowest BCUT2D eigenvalue weighted by molar-refractivity contribution is 0.389. The van der Waals surface area contributed by atoms with E-state index in [2.05, 4.69) is 0 Å². The van der Waals surface area contributed by atoms with Gasteiger partial charge in [0, 0.05) is 6.04 Å². The second kappa shape index (κ2) is 5.41. The van der Waals surface area contributed by atoms with Crippen LogP contribution in [0.2, 0.25) is 5.02 Å². The summed E-state index contributed by atoms with van der Waals surface area (Å²) < 4.78 is 10.5. The number of benzene rings is 1. The van der Waals surface area contributed by atoms with Gasteiger partial charge in [-0.25, -0.2) is 0 Å². The highest BCUT2D eigenvalue weighted by Crippen LogP contribution is 2.39. The first-order chi connectivity index (χ1) is 7.51. The van der Waals surface area contributed by atoms with Crippen LogP contribution in [0, 0.1) is 6.92 Å². The summed E-state index contributed by atoms with van der Waals surface area (Å²) >= 11 is 6.21. The fourth-order valence-corrected chi connectivity index (χ4v) is 2.20. The fourth-order valence-electron chi connectivity index (χ4n) is 1.78. The van der Waals surface area contributed by atoms with Crippen LogP contribution in [0.3, 0.4) is 0 Å². The molecule has 4 heteroatoms. The molecule has 0 aromatic heterocycles. The van der Waals surface area contributed by atoms with Gasteiger partial charge in [-0.2, -0.15) is 0 Å². The van der Waals surface area contributed by atoms with Crippen LogP contribution < -0.4 is 15.2 Å². The molecule has 1 aromatic rings. The Hall–Kier alpha value is -0.930. The summed E-state index contributed by atoms with van der Waals surface area (Å²) in [4.78, 5) is 0. The molecule has 0 spiro atoms. The van der Waals surface area contributed by atoms with E-state index in [4.69, 9.17) is 26.8 Å². The lowest BCUT2D eigenvalue weighted by atomic mass is 10.0. The molecule has 1 atom stereocenters. The van der Waals surface area contributed by atoms with Crippen LogP contribution in [0.4, 0.5) is 0 Å². The number of halogens is 1. The molecule has 0 saturated heterocycles. The van der Waals surface area contributed by atoms with Gasteiger partial charge in [0.1, 0.15) is 16.5 Å². The molecule has 0 radical (unpaired) electrons. The van der Waals surface area contributed by atoms with E-state index in [1.807, 2.05) is 19.9 Å². The summed E-state index contributed by atoms with van der Waals surface area (Å²) in [7, 11) is 3.19. The number of aryl methyl sites for hydroxylation is 1. The summed E-state index contributed by atoms with van der Waals surface area (Å²) in [5.41, 5.74) is 7.79. The topological polar surface area (TPSA) is 44.5 Å². The number of ether oxygens (including phenoxy) is 2. The Morgan fingerprint density at radius 3 is 2.31 bits per heavy atom. The van der Waals surface area contributed by atoms with Crippen LogP contribution >= 0.6 is 11.6 Å². The minimum Gasteiger partial charge on any atom is -0.495 e. The summed E-state index contributed by atoms with van der Waals surface area (Å²) in [5.74, 6) is 1.31. The Bertz CT molecular complexity index is 378. The lowest BCUT2D eigenvalue weighted by Gasteiger charge is -2.16. The zero-order chi connectivity index (χ0) is 12.3. The lowest BCUT2D eigenvalue weighted by Crippen LogP contribution is -2.18. The third-order valence-electron chi connectivity index (χ3n) is 2.39. The molecule has 0 bridgehead atoms. The van der Waals surface area contributed by atoms with Crippen molar-refractivity contribution < 1.29 is 9.47 Å². The zero-order valence-electron chi connectivity index (χ0n) is 10.1. The Balaban J connectivity index is 3.29. The van der Waals surface area contributed by atoms with Crippen LogP contribution in [0.5, 0.6) is 11.5 Å². The standard InChI is InChI=1S/C12H18ClNO2/c1-7-5-9(6-8(2)14)12(16-4)10(13)11(7)15-3/h5,8H,6,14H2,1-4H3. The van der Waals surface area contributed by atoms with Crippen molar-refractivity contribution in [1.29, 1.82) is 0 Å². The molecule has 0 amide bonds. The highest BCUT2D eigenvalue weighted by atomic mass is 35.5. The van der Waals surface area contributed by atoms with E-state index in [9.17, 15) is 0 Å². The maximum Gasteiger partial charge on any atom is 0.144 e. The van der Waals surface area contributed by atoms with Gasteiger partial charge in [-0.05, 0) is 37.5 Å². The van der Waals surface area contributed by atoms with E-state index in [0.717, 1.165) is 17.5 Å². The quantitative estimate of drug-likeness (QED) is 0.884. The highest BCUT2D eigenvalue weighted by Gasteiger charge is 2.16. The van der Waals surface area contributed by atoms with Crippen molar-refractivity contribution in [3.05, 3.63) is 22.2 Å². The third kappa shape index (κ3) is 2.60. The molecule has 0 aliphatic heterocycles. The normalized spacial score (nSPS) is 12.4. The molecule has 16 heavy (non-hydrogen) atoms. The Morgan fingerprint density at radius 2 is 1.88 bits per heavy atom. The molecule has 0 aliphatic rings. The zero-order valence-corrected chi connectivity index (χ0v) is 10.9. The maximum absolute atomic E-state index is 6.21. The van der Waals surface area contributed by atoms with Crippen molar-refractivity contribution in [2.24, 2.45) is 5.73 Å². The molecule has 0 saturated carbocycles. The molecule has 1 unspecified atom stereocenters. The van der Waals surface area contributed by atoms with Crippen molar-refractivity contribution in [1.82, 2.24) is 0 Å². The van der Waals surface area contributed by atoms with Crippen LogP contribution in [-0.4, -0.2) is 20.3 Å². The first-order valence-electron chi connectivity index (χ1n) is 5.16. The molecular weight excluding hydrogens is 226 g/mol. The maximum atomic E-state index is 6.21. The number of methoxy groups -OCH3 is 2. The van der Waals surface area contributed by atoms with E-state index in [0.29, 0.717) is 16.5 Å². The number of hydrogen-bond acceptors (Lipinski definition) is 3. The van der Waals surface area contributed by atoms with E-state index in [-0.39, 0.29) is 6.04 Å². The van der Waals surface area contributed by atoms with E-state index < -0.39 is 0 Å². The highest BCUT2D eigenvalue weighted by molar-refractivity contribution is 6.33. The average Bonchev–Trinajstić information content (AvgIpc) is 2.17. The Kier molecular flexibility index (Phi) is 4.44. The van der Waals surface area contributed by atoms with Gasteiger partial charge in [-0.15, -0.1) is 0 Å². The SMILES string of the molecule is COc1c(C)cc(CC(C)N)c(OC)c1Cl. The van der Waals surface area contributed by atoms with Gasteiger partial charge in [0.05, 0.1) is 14.2 Å². The number of hydrogen-bond donors (Lipinski definition) is 1. The van der Waals surface area contributed by atoms with Gasteiger partial charge in [0.2, 0.25) is 0 Å². The minimum absolute atomic E-state index is 0.0674. The first kappa shape index (κ1) is 13.1. The predicted octanol–water partition coefficient (Wildman–Crippen LogP) is 2.56. The molecule has 0 fully saturated rings. The molecule has 90 valence electrons. The molecule has 1 rings (SSSR count). The third-order valence-corrected chi connectivity index (χ3v) is 2.73. The summed E-state index contributed by atoms with van der Waals surface area (Å²) in [6.45, 7) is 3.90. The second-order valence-electron chi connectivity index (χ2n) is 3.91. The van der Waals surface area contributed by atoms with Crippen molar-refractivity contribution in [2.75, 3.05) is 14.2 Å². The predicted molar refractivity (Wildman–Crippen MR) is 66.6 cm³/mol. The van der Waals surface area contributed by atoms with E-state index >= 15 is 0 Å². The molecule has 1 aromatic carbocycles. The van der Waals surface area contributed by atoms with Crippen molar-refractivity contribution >= 4 is 11.6 Å². The van der Waals surface area contributed by atoms with Gasteiger partial charge in [0.25, 0.3) is 0 Å². The molecule has 2 N–H and O–H groups in total. The van der Waals surface area contributed by atoms with Crippen LogP contribution in [0.1, 0.15) is 18.1 Å². The Morgan fingerprint density at radius 1 is 1.31 bits per heavy atom. The molecule has 0 aliphatic carbocycles. The van der Waals surface area contributed by atoms with Crippen LogP contribution in [0.25, 0.3) is 0 Å². The number of nitrogens with two attached hydrogens (primary N) is 1. The van der Waals surface area contributed by atoms with E-state index in [1.54, 1.807) is 14.2 Å². The van der Waals surface area contributed by atoms with Crippen LogP contribution in [0.15, 0.2) is 6.07 Å². The van der Waals surface area contributed by atoms with Gasteiger partial charge in [-0.3, -0.25) is 0 Å². The van der Waals surface area contributed by atoms with E-state index in [1.165, 1.54) is 0 Å². The Labute approximate surface area is 101 Å². The van der Waals surface area contributed by atoms with Gasteiger partial charge in [0.15, 0.2) is 0 Å². The van der Waals surface area contributed by atoms with Gasteiger partial charge >= 0.3 is 0 Å². The summed E-state index contributed by atoms with van der Waals surface area (Å²) in [6.07, 6.45) is 0.730. The monoisotopic (exact) mass is 243 g/mol. The average molecular weight is 244 g/mol. The smallest absolute Gasteiger partial charge is 0.144 e. The largest absolute Gasteiger partial charge is 0.495 e. The second-order valence-corrected chi connectivity index (χ2v) is 4.29. The summed E-state index contributed by atoms with van der Waals surface area (Å²) in [6, 6.07) is 2.07. The van der Waals surface area contributed by atoms with Crippen LogP contribution in [-0.2, 0) is 6.42 Å². The van der Waals surface area contributed by atoms with Gasteiger partial charge in [-0.1, -0.05) is 11.6 Å². The molecular formula is C12H18ClNO2. The van der Waals surface area contributed by atoms with Gasteiger partial charge < -0.3 is 15.2 Å². The molecule has 0 heterocycles.